The maximum atomic E-state index is 12.3. The van der Waals surface area contributed by atoms with Crippen LogP contribution in [0.15, 0.2) is 77.2 Å². The molecule has 0 bridgehead atoms. The largest absolute Gasteiger partial charge is 0.457 e. The number of amides is 1. The predicted molar refractivity (Wildman–Crippen MR) is 110 cm³/mol. The number of benzene rings is 2. The summed E-state index contributed by atoms with van der Waals surface area (Å²) in [5.41, 5.74) is 9.62. The third-order valence-corrected chi connectivity index (χ3v) is 5.32. The average Bonchev–Trinajstić information content (AvgIpc) is 3.41. The molecule has 0 radical (unpaired) electrons. The second-order valence-corrected chi connectivity index (χ2v) is 7.35. The normalized spacial score (nSPS) is 19.0. The molecule has 2 aromatic carbocycles. The Morgan fingerprint density at radius 2 is 1.93 bits per heavy atom. The molecule has 3 N–H and O–H groups in total. The summed E-state index contributed by atoms with van der Waals surface area (Å²) in [4.78, 5) is 13.5. The standard InChI is InChI=1S/C21H20N4O2S/c26-21(19-13-18(23-24-19)20-10-5-11-28-20)25-22-14-15-6-4-9-17(12-15)27-16-7-2-1-3-8-16/h1-12,14,18-19,23-24H,13H2,(H,25,26)/b22-14+. The first-order chi connectivity index (χ1) is 13.8. The molecule has 0 aliphatic carbocycles. The van der Waals surface area contributed by atoms with E-state index in [1.54, 1.807) is 17.6 Å². The molecule has 2 heterocycles. The van der Waals surface area contributed by atoms with Crippen LogP contribution >= 0.6 is 11.3 Å². The summed E-state index contributed by atoms with van der Waals surface area (Å²) in [6.45, 7) is 0. The molecule has 1 aromatic heterocycles. The first-order valence-corrected chi connectivity index (χ1v) is 9.86. The molecule has 0 saturated carbocycles. The lowest BCUT2D eigenvalue weighted by molar-refractivity contribution is -0.122. The lowest BCUT2D eigenvalue weighted by Gasteiger charge is -2.07. The number of rotatable bonds is 6. The van der Waals surface area contributed by atoms with Gasteiger partial charge in [0.2, 0.25) is 0 Å². The highest BCUT2D eigenvalue weighted by Gasteiger charge is 2.30. The van der Waals surface area contributed by atoms with Gasteiger partial charge in [0.1, 0.15) is 17.5 Å². The molecule has 1 saturated heterocycles. The van der Waals surface area contributed by atoms with E-state index in [1.165, 1.54) is 4.88 Å². The number of hydrogen-bond donors (Lipinski definition) is 3. The van der Waals surface area contributed by atoms with E-state index in [0.29, 0.717) is 12.2 Å². The molecule has 1 aliphatic rings. The highest BCUT2D eigenvalue weighted by Crippen LogP contribution is 2.26. The third-order valence-electron chi connectivity index (χ3n) is 4.33. The van der Waals surface area contributed by atoms with Crippen molar-refractivity contribution in [1.29, 1.82) is 0 Å². The molecular formula is C21H20N4O2S. The maximum Gasteiger partial charge on any atom is 0.258 e. The number of nitrogens with zero attached hydrogens (tertiary/aromatic N) is 1. The Hall–Kier alpha value is -3.00. The predicted octanol–water partition coefficient (Wildman–Crippen LogP) is 3.60. The van der Waals surface area contributed by atoms with Gasteiger partial charge in [-0.15, -0.1) is 11.3 Å². The fourth-order valence-electron chi connectivity index (χ4n) is 2.94. The van der Waals surface area contributed by atoms with Crippen LogP contribution in [0.1, 0.15) is 22.9 Å². The van der Waals surface area contributed by atoms with Crippen molar-refractivity contribution in [2.24, 2.45) is 5.10 Å². The Labute approximate surface area is 167 Å². The smallest absolute Gasteiger partial charge is 0.258 e. The molecule has 6 nitrogen and oxygen atoms in total. The monoisotopic (exact) mass is 392 g/mol. The Bertz CT molecular complexity index is 944. The lowest BCUT2D eigenvalue weighted by atomic mass is 10.1. The minimum Gasteiger partial charge on any atom is -0.457 e. The zero-order valence-corrected chi connectivity index (χ0v) is 15.9. The molecule has 1 amide bonds. The van der Waals surface area contributed by atoms with Gasteiger partial charge in [0, 0.05) is 4.88 Å². The number of hydrogen-bond acceptors (Lipinski definition) is 6. The third kappa shape index (κ3) is 4.64. The van der Waals surface area contributed by atoms with Crippen molar-refractivity contribution in [3.05, 3.63) is 82.6 Å². The van der Waals surface area contributed by atoms with E-state index in [4.69, 9.17) is 4.74 Å². The quantitative estimate of drug-likeness (QED) is 0.443. The van der Waals surface area contributed by atoms with Crippen LogP contribution in [0.2, 0.25) is 0 Å². The second kappa shape index (κ2) is 8.79. The highest BCUT2D eigenvalue weighted by molar-refractivity contribution is 7.10. The highest BCUT2D eigenvalue weighted by atomic mass is 32.1. The summed E-state index contributed by atoms with van der Waals surface area (Å²) >= 11 is 1.68. The Kier molecular flexibility index (Phi) is 5.77. The summed E-state index contributed by atoms with van der Waals surface area (Å²) in [6.07, 6.45) is 2.29. The van der Waals surface area contributed by atoms with Crippen molar-refractivity contribution in [3.8, 4) is 11.5 Å². The van der Waals surface area contributed by atoms with Gasteiger partial charge in [0.05, 0.1) is 12.3 Å². The van der Waals surface area contributed by atoms with Gasteiger partial charge in [-0.3, -0.25) is 4.79 Å². The van der Waals surface area contributed by atoms with Crippen molar-refractivity contribution in [2.75, 3.05) is 0 Å². The summed E-state index contributed by atoms with van der Waals surface area (Å²) in [5, 5.41) is 6.11. The van der Waals surface area contributed by atoms with Crippen LogP contribution in [0.5, 0.6) is 11.5 Å². The van der Waals surface area contributed by atoms with Gasteiger partial charge in [-0.2, -0.15) is 5.10 Å². The van der Waals surface area contributed by atoms with E-state index < -0.39 is 0 Å². The van der Waals surface area contributed by atoms with Gasteiger partial charge in [0.25, 0.3) is 5.91 Å². The molecule has 7 heteroatoms. The fourth-order valence-corrected chi connectivity index (χ4v) is 3.73. The van der Waals surface area contributed by atoms with Crippen molar-refractivity contribution >= 4 is 23.5 Å². The van der Waals surface area contributed by atoms with Crippen molar-refractivity contribution in [3.63, 3.8) is 0 Å². The van der Waals surface area contributed by atoms with Gasteiger partial charge in [-0.05, 0) is 47.7 Å². The molecule has 142 valence electrons. The minimum absolute atomic E-state index is 0.145. The average molecular weight is 392 g/mol. The van der Waals surface area contributed by atoms with E-state index in [1.807, 2.05) is 66.0 Å². The molecule has 1 fully saturated rings. The van der Waals surface area contributed by atoms with E-state index in [-0.39, 0.29) is 18.0 Å². The molecule has 0 spiro atoms. The zero-order chi connectivity index (χ0) is 19.2. The number of hydrazone groups is 1. The Morgan fingerprint density at radius 3 is 2.75 bits per heavy atom. The first kappa shape index (κ1) is 18.4. The minimum atomic E-state index is -0.322. The van der Waals surface area contributed by atoms with Crippen LogP contribution in [0.25, 0.3) is 0 Å². The Balaban J connectivity index is 1.31. The van der Waals surface area contributed by atoms with Crippen molar-refractivity contribution in [2.45, 2.75) is 18.5 Å². The molecule has 2 atom stereocenters. The van der Waals surface area contributed by atoms with Crippen LogP contribution in [0.3, 0.4) is 0 Å². The SMILES string of the molecule is O=C(N/N=C/c1cccc(Oc2ccccc2)c1)C1CC(c2cccs2)NN1. The summed E-state index contributed by atoms with van der Waals surface area (Å²) in [5.74, 6) is 1.31. The Morgan fingerprint density at radius 1 is 1.07 bits per heavy atom. The fraction of sp³-hybridized carbons (Fsp3) is 0.143. The van der Waals surface area contributed by atoms with Crippen LogP contribution in [0.4, 0.5) is 0 Å². The van der Waals surface area contributed by atoms with Crippen LogP contribution in [0, 0.1) is 0 Å². The number of carbonyl (C=O) groups is 1. The number of carbonyl (C=O) groups excluding carboxylic acids is 1. The lowest BCUT2D eigenvalue weighted by Crippen LogP contribution is -2.41. The van der Waals surface area contributed by atoms with Crippen molar-refractivity contribution < 1.29 is 9.53 Å². The summed E-state index contributed by atoms with van der Waals surface area (Å²) in [6, 6.07) is 21.0. The van der Waals surface area contributed by atoms with Gasteiger partial charge < -0.3 is 4.74 Å². The molecule has 3 aromatic rings. The number of para-hydroxylation sites is 1. The topological polar surface area (TPSA) is 74.8 Å². The number of hydrazine groups is 1. The summed E-state index contributed by atoms with van der Waals surface area (Å²) in [7, 11) is 0. The van der Waals surface area contributed by atoms with Crippen LogP contribution in [-0.2, 0) is 4.79 Å². The number of nitrogens with one attached hydrogen (secondary N) is 3. The molecule has 2 unspecified atom stereocenters. The van der Waals surface area contributed by atoms with Gasteiger partial charge in [-0.1, -0.05) is 36.4 Å². The summed E-state index contributed by atoms with van der Waals surface area (Å²) < 4.78 is 5.81. The molecule has 1 aliphatic heterocycles. The second-order valence-electron chi connectivity index (χ2n) is 6.37. The van der Waals surface area contributed by atoms with E-state index in [9.17, 15) is 4.79 Å². The number of ether oxygens (including phenoxy) is 1. The van der Waals surface area contributed by atoms with Crippen molar-refractivity contribution in [1.82, 2.24) is 16.3 Å². The molecule has 28 heavy (non-hydrogen) atoms. The first-order valence-electron chi connectivity index (χ1n) is 8.98. The van der Waals surface area contributed by atoms with Gasteiger partial charge in [-0.25, -0.2) is 16.3 Å². The maximum absolute atomic E-state index is 12.3. The van der Waals surface area contributed by atoms with Crippen LogP contribution in [-0.4, -0.2) is 18.2 Å². The van der Waals surface area contributed by atoms with Gasteiger partial charge in [0.15, 0.2) is 0 Å². The molecular weight excluding hydrogens is 372 g/mol. The molecule has 4 rings (SSSR count). The zero-order valence-electron chi connectivity index (χ0n) is 15.0. The van der Waals surface area contributed by atoms with E-state index in [2.05, 4.69) is 27.4 Å². The van der Waals surface area contributed by atoms with Gasteiger partial charge >= 0.3 is 0 Å². The number of thiophene rings is 1. The van der Waals surface area contributed by atoms with E-state index in [0.717, 1.165) is 11.3 Å². The van der Waals surface area contributed by atoms with E-state index >= 15 is 0 Å². The van der Waals surface area contributed by atoms with Crippen LogP contribution < -0.4 is 21.0 Å².